The molecule has 1 saturated heterocycles. The van der Waals surface area contributed by atoms with E-state index in [2.05, 4.69) is 0 Å². The number of hydrogen-bond donors (Lipinski definition) is 0. The van der Waals surface area contributed by atoms with Gasteiger partial charge in [0, 0.05) is 0 Å². The van der Waals surface area contributed by atoms with E-state index in [0.29, 0.717) is 12.2 Å². The normalized spacial score (nSPS) is 59.4. The maximum absolute atomic E-state index is 6.18. The van der Waals surface area contributed by atoms with Crippen molar-refractivity contribution in [3.63, 3.8) is 0 Å². The zero-order valence-corrected chi connectivity index (χ0v) is 12.1. The predicted octanol–water partition coefficient (Wildman–Crippen LogP) is 4.41. The fourth-order valence-corrected chi connectivity index (χ4v) is 6.91. The molecule has 1 heteroatoms. The number of rotatable bonds is 0. The monoisotopic (exact) mass is 260 g/mol. The van der Waals surface area contributed by atoms with Crippen LogP contribution in [-0.4, -0.2) is 12.2 Å². The standard InChI is InChI=1S/C18H28O/c1-2-6-13-12(4-1)10-16-18(19-16)17-14-7-3-5-11(14)8-9-15(13)17/h11-18H,1-10H2. The molecule has 8 atom stereocenters. The van der Waals surface area contributed by atoms with Gasteiger partial charge in [0.25, 0.3) is 0 Å². The summed E-state index contributed by atoms with van der Waals surface area (Å²) < 4.78 is 6.18. The van der Waals surface area contributed by atoms with E-state index in [1.165, 1.54) is 38.5 Å². The van der Waals surface area contributed by atoms with Crippen LogP contribution in [0.25, 0.3) is 0 Å². The highest BCUT2D eigenvalue weighted by atomic mass is 16.6. The van der Waals surface area contributed by atoms with Gasteiger partial charge in [0.2, 0.25) is 0 Å². The molecule has 0 spiro atoms. The summed E-state index contributed by atoms with van der Waals surface area (Å²) in [7, 11) is 0. The fourth-order valence-electron chi connectivity index (χ4n) is 6.91. The first-order valence-electron chi connectivity index (χ1n) is 9.07. The van der Waals surface area contributed by atoms with Gasteiger partial charge in [0.05, 0.1) is 12.2 Å². The van der Waals surface area contributed by atoms with E-state index in [1.54, 1.807) is 25.7 Å². The molecule has 4 saturated carbocycles. The third-order valence-corrected chi connectivity index (χ3v) is 7.63. The minimum Gasteiger partial charge on any atom is -0.369 e. The van der Waals surface area contributed by atoms with Gasteiger partial charge in [-0.2, -0.15) is 0 Å². The lowest BCUT2D eigenvalue weighted by atomic mass is 9.59. The molecule has 0 N–H and O–H groups in total. The van der Waals surface area contributed by atoms with Crippen LogP contribution in [0.4, 0.5) is 0 Å². The van der Waals surface area contributed by atoms with Gasteiger partial charge in [-0.15, -0.1) is 0 Å². The van der Waals surface area contributed by atoms with Crippen LogP contribution in [0.5, 0.6) is 0 Å². The Hall–Kier alpha value is -0.0400. The van der Waals surface area contributed by atoms with Gasteiger partial charge in [0.15, 0.2) is 0 Å². The maximum atomic E-state index is 6.18. The Balaban J connectivity index is 1.49. The lowest BCUT2D eigenvalue weighted by Gasteiger charge is -2.46. The number of epoxide rings is 1. The second-order valence-corrected chi connectivity index (χ2v) is 8.26. The first kappa shape index (κ1) is 11.6. The van der Waals surface area contributed by atoms with Crippen molar-refractivity contribution in [2.75, 3.05) is 0 Å². The molecular formula is C18H28O. The van der Waals surface area contributed by atoms with Crippen molar-refractivity contribution in [1.29, 1.82) is 0 Å². The molecule has 8 unspecified atom stereocenters. The largest absolute Gasteiger partial charge is 0.369 e. The molecule has 1 aliphatic heterocycles. The minimum atomic E-state index is 0.694. The van der Waals surface area contributed by atoms with E-state index in [4.69, 9.17) is 4.74 Å². The summed E-state index contributed by atoms with van der Waals surface area (Å²) in [6.45, 7) is 0. The Morgan fingerprint density at radius 2 is 1.47 bits per heavy atom. The number of ether oxygens (including phenoxy) is 1. The van der Waals surface area contributed by atoms with Crippen LogP contribution in [-0.2, 0) is 4.74 Å². The Morgan fingerprint density at radius 1 is 0.632 bits per heavy atom. The van der Waals surface area contributed by atoms with E-state index in [1.807, 2.05) is 0 Å². The molecule has 4 aliphatic carbocycles. The third-order valence-electron chi connectivity index (χ3n) is 7.63. The summed E-state index contributed by atoms with van der Waals surface area (Å²) in [4.78, 5) is 0. The lowest BCUT2D eigenvalue weighted by Crippen LogP contribution is -2.40. The molecule has 106 valence electrons. The summed E-state index contributed by atoms with van der Waals surface area (Å²) in [6.07, 6.45) is 16.7. The fraction of sp³-hybridized carbons (Fsp3) is 1.00. The second kappa shape index (κ2) is 4.23. The third kappa shape index (κ3) is 1.69. The van der Waals surface area contributed by atoms with E-state index in [0.717, 1.165) is 35.5 Å². The summed E-state index contributed by atoms with van der Waals surface area (Å²) >= 11 is 0. The summed E-state index contributed by atoms with van der Waals surface area (Å²) in [6, 6.07) is 0. The van der Waals surface area contributed by atoms with E-state index >= 15 is 0 Å². The molecule has 5 fully saturated rings. The molecule has 19 heavy (non-hydrogen) atoms. The van der Waals surface area contributed by atoms with Crippen molar-refractivity contribution in [3.8, 4) is 0 Å². The Labute approximate surface area is 117 Å². The highest BCUT2D eigenvalue weighted by Crippen LogP contribution is 2.60. The van der Waals surface area contributed by atoms with Crippen LogP contribution in [0.2, 0.25) is 0 Å². The average molecular weight is 260 g/mol. The van der Waals surface area contributed by atoms with Crippen molar-refractivity contribution in [2.45, 2.75) is 76.4 Å². The number of hydrogen-bond acceptors (Lipinski definition) is 1. The SMILES string of the molecule is C1CCC2C(C1)CC1OC1C1C3CCCC3CCC21. The molecule has 1 nitrogen and oxygen atoms in total. The summed E-state index contributed by atoms with van der Waals surface area (Å²) in [5, 5.41) is 0. The van der Waals surface area contributed by atoms with Crippen LogP contribution >= 0.6 is 0 Å². The van der Waals surface area contributed by atoms with Gasteiger partial charge in [-0.1, -0.05) is 32.1 Å². The molecule has 0 aromatic rings. The first-order chi connectivity index (χ1) is 9.42. The zero-order valence-electron chi connectivity index (χ0n) is 12.1. The van der Waals surface area contributed by atoms with Gasteiger partial charge in [-0.3, -0.25) is 0 Å². The average Bonchev–Trinajstić information content (AvgIpc) is 3.04. The van der Waals surface area contributed by atoms with Crippen molar-refractivity contribution >= 4 is 0 Å². The van der Waals surface area contributed by atoms with Crippen LogP contribution in [0.15, 0.2) is 0 Å². The van der Waals surface area contributed by atoms with Gasteiger partial charge >= 0.3 is 0 Å². The van der Waals surface area contributed by atoms with Gasteiger partial charge in [0.1, 0.15) is 0 Å². The number of fused-ring (bicyclic) bond motifs is 7. The van der Waals surface area contributed by atoms with E-state index < -0.39 is 0 Å². The molecule has 0 amide bonds. The van der Waals surface area contributed by atoms with Crippen molar-refractivity contribution in [3.05, 3.63) is 0 Å². The molecule has 0 radical (unpaired) electrons. The van der Waals surface area contributed by atoms with Crippen LogP contribution < -0.4 is 0 Å². The van der Waals surface area contributed by atoms with Crippen LogP contribution in [0.3, 0.4) is 0 Å². The lowest BCUT2D eigenvalue weighted by molar-refractivity contribution is 0.0111. The Morgan fingerprint density at radius 3 is 2.47 bits per heavy atom. The second-order valence-electron chi connectivity index (χ2n) is 8.26. The highest BCUT2D eigenvalue weighted by Gasteiger charge is 2.59. The summed E-state index contributed by atoms with van der Waals surface area (Å²) in [5.41, 5.74) is 0. The van der Waals surface area contributed by atoms with Crippen LogP contribution in [0, 0.1) is 35.5 Å². The molecule has 0 aromatic heterocycles. The minimum absolute atomic E-state index is 0.694. The quantitative estimate of drug-likeness (QED) is 0.588. The highest BCUT2D eigenvalue weighted by molar-refractivity contribution is 5.07. The first-order valence-corrected chi connectivity index (χ1v) is 9.07. The van der Waals surface area contributed by atoms with Gasteiger partial charge < -0.3 is 4.74 Å². The Kier molecular flexibility index (Phi) is 2.58. The van der Waals surface area contributed by atoms with Gasteiger partial charge in [-0.05, 0) is 67.6 Å². The molecule has 0 aromatic carbocycles. The van der Waals surface area contributed by atoms with E-state index in [9.17, 15) is 0 Å². The van der Waals surface area contributed by atoms with E-state index in [-0.39, 0.29) is 0 Å². The van der Waals surface area contributed by atoms with Crippen molar-refractivity contribution in [1.82, 2.24) is 0 Å². The predicted molar refractivity (Wildman–Crippen MR) is 75.8 cm³/mol. The Bertz CT molecular complexity index is 365. The smallest absolute Gasteiger partial charge is 0.0875 e. The van der Waals surface area contributed by atoms with Crippen LogP contribution in [0.1, 0.15) is 64.2 Å². The molecule has 5 rings (SSSR count). The topological polar surface area (TPSA) is 12.5 Å². The molecule has 5 aliphatic rings. The molecule has 0 bridgehead atoms. The maximum Gasteiger partial charge on any atom is 0.0875 e. The van der Waals surface area contributed by atoms with Crippen molar-refractivity contribution in [2.24, 2.45) is 35.5 Å². The summed E-state index contributed by atoms with van der Waals surface area (Å²) in [5.74, 6) is 6.33. The molecule has 1 heterocycles. The zero-order chi connectivity index (χ0) is 12.4. The van der Waals surface area contributed by atoms with Gasteiger partial charge in [-0.25, -0.2) is 0 Å². The van der Waals surface area contributed by atoms with Crippen molar-refractivity contribution < 1.29 is 4.74 Å². The molecular weight excluding hydrogens is 232 g/mol.